The van der Waals surface area contributed by atoms with Crippen LogP contribution in [0.25, 0.3) is 11.3 Å². The van der Waals surface area contributed by atoms with Gasteiger partial charge in [0.15, 0.2) is 0 Å². The number of carbonyl (C=O) groups is 2. The van der Waals surface area contributed by atoms with Crippen LogP contribution in [0.3, 0.4) is 0 Å². The molecule has 2 heterocycles. The molecule has 6 nitrogen and oxygen atoms in total. The second-order valence-electron chi connectivity index (χ2n) is 4.56. The minimum Gasteiger partial charge on any atom is -0.295 e. The van der Waals surface area contributed by atoms with Crippen LogP contribution in [-0.4, -0.2) is 26.8 Å². The fraction of sp³-hybridized carbons (Fsp3) is 0.231. The molecule has 0 bridgehead atoms. The Kier molecular flexibility index (Phi) is 3.02. The lowest BCUT2D eigenvalue weighted by molar-refractivity contribution is -0.136. The molecule has 20 heavy (non-hydrogen) atoms. The fourth-order valence-corrected chi connectivity index (χ4v) is 2.14. The molecule has 1 fully saturated rings. The Labute approximate surface area is 113 Å². The third kappa shape index (κ3) is 2.29. The first kappa shape index (κ1) is 12.5. The van der Waals surface area contributed by atoms with E-state index in [2.05, 4.69) is 15.6 Å². The summed E-state index contributed by atoms with van der Waals surface area (Å²) in [4.78, 5) is 22.8. The summed E-state index contributed by atoms with van der Waals surface area (Å²) < 4.78 is 14.6. The first-order valence-electron chi connectivity index (χ1n) is 6.15. The van der Waals surface area contributed by atoms with E-state index in [1.807, 2.05) is 0 Å². The van der Waals surface area contributed by atoms with Crippen molar-refractivity contribution in [1.82, 2.24) is 20.3 Å². The zero-order chi connectivity index (χ0) is 14.1. The monoisotopic (exact) mass is 274 g/mol. The van der Waals surface area contributed by atoms with Crippen LogP contribution in [0.15, 0.2) is 30.5 Å². The highest BCUT2D eigenvalue weighted by Gasteiger charge is 2.29. The van der Waals surface area contributed by atoms with E-state index in [1.54, 1.807) is 18.3 Å². The zero-order valence-electron chi connectivity index (χ0n) is 10.4. The van der Waals surface area contributed by atoms with E-state index < -0.39 is 11.9 Å². The molecule has 3 rings (SSSR count). The van der Waals surface area contributed by atoms with Crippen LogP contribution < -0.4 is 5.32 Å². The van der Waals surface area contributed by atoms with E-state index >= 15 is 0 Å². The van der Waals surface area contributed by atoms with Crippen LogP contribution in [0.5, 0.6) is 0 Å². The predicted molar refractivity (Wildman–Crippen MR) is 66.8 cm³/mol. The lowest BCUT2D eigenvalue weighted by Gasteiger charge is -2.20. The molecule has 0 radical (unpaired) electrons. The Bertz CT molecular complexity index is 683. The molecular formula is C13H11FN4O2. The van der Waals surface area contributed by atoms with Gasteiger partial charge in [-0.25, -0.2) is 9.07 Å². The summed E-state index contributed by atoms with van der Waals surface area (Å²) in [7, 11) is 0. The second-order valence-corrected chi connectivity index (χ2v) is 4.56. The highest BCUT2D eigenvalue weighted by atomic mass is 19.1. The van der Waals surface area contributed by atoms with Gasteiger partial charge in [0.1, 0.15) is 17.6 Å². The van der Waals surface area contributed by atoms with Crippen LogP contribution >= 0.6 is 0 Å². The van der Waals surface area contributed by atoms with Crippen LogP contribution in [0, 0.1) is 5.82 Å². The molecule has 7 heteroatoms. The summed E-state index contributed by atoms with van der Waals surface area (Å²) >= 11 is 0. The number of hydrogen-bond acceptors (Lipinski definition) is 4. The minimum absolute atomic E-state index is 0.269. The number of benzene rings is 1. The van der Waals surface area contributed by atoms with Crippen molar-refractivity contribution in [2.45, 2.75) is 18.9 Å². The Hall–Kier alpha value is -2.57. The number of carbonyl (C=O) groups excluding carboxylic acids is 2. The molecule has 1 N–H and O–H groups in total. The Morgan fingerprint density at radius 1 is 1.35 bits per heavy atom. The van der Waals surface area contributed by atoms with Gasteiger partial charge in [-0.3, -0.25) is 14.9 Å². The molecule has 102 valence electrons. The van der Waals surface area contributed by atoms with Gasteiger partial charge in [-0.2, -0.15) is 0 Å². The van der Waals surface area contributed by atoms with E-state index in [1.165, 1.54) is 16.8 Å². The van der Waals surface area contributed by atoms with E-state index in [-0.39, 0.29) is 18.1 Å². The van der Waals surface area contributed by atoms with Gasteiger partial charge in [-0.05, 0) is 18.6 Å². The number of nitrogens with one attached hydrogen (secondary N) is 1. The average Bonchev–Trinajstić information content (AvgIpc) is 2.88. The number of amides is 2. The molecule has 1 saturated heterocycles. The van der Waals surface area contributed by atoms with Gasteiger partial charge < -0.3 is 0 Å². The maximum atomic E-state index is 13.2. The number of imide groups is 1. The van der Waals surface area contributed by atoms with Gasteiger partial charge in [0.05, 0.1) is 6.20 Å². The van der Waals surface area contributed by atoms with Gasteiger partial charge in [0, 0.05) is 12.0 Å². The number of piperidine rings is 1. The van der Waals surface area contributed by atoms with Crippen molar-refractivity contribution >= 4 is 11.8 Å². The van der Waals surface area contributed by atoms with Gasteiger partial charge in [0.25, 0.3) is 5.91 Å². The smallest absolute Gasteiger partial charge is 0.251 e. The molecule has 0 aliphatic carbocycles. The van der Waals surface area contributed by atoms with Crippen molar-refractivity contribution in [2.24, 2.45) is 0 Å². The Morgan fingerprint density at radius 3 is 2.95 bits per heavy atom. The largest absolute Gasteiger partial charge is 0.295 e. The Morgan fingerprint density at radius 2 is 2.20 bits per heavy atom. The third-order valence-corrected chi connectivity index (χ3v) is 3.16. The molecule has 1 unspecified atom stereocenters. The topological polar surface area (TPSA) is 76.9 Å². The number of rotatable bonds is 2. The van der Waals surface area contributed by atoms with Crippen LogP contribution in [0.2, 0.25) is 0 Å². The molecule has 0 saturated carbocycles. The van der Waals surface area contributed by atoms with Gasteiger partial charge in [-0.15, -0.1) is 5.10 Å². The standard InChI is InChI=1S/C13H11FN4O2/c14-9-3-1-2-8(6-9)10-7-18(17-16-10)11-4-5-12(19)15-13(11)20/h1-3,6-7,11H,4-5H2,(H,15,19,20). The fourth-order valence-electron chi connectivity index (χ4n) is 2.14. The summed E-state index contributed by atoms with van der Waals surface area (Å²) in [6, 6.07) is 5.42. The van der Waals surface area contributed by atoms with E-state index in [9.17, 15) is 14.0 Å². The predicted octanol–water partition coefficient (Wildman–Crippen LogP) is 1.06. The van der Waals surface area contributed by atoms with Gasteiger partial charge >= 0.3 is 0 Å². The molecule has 1 aliphatic heterocycles. The summed E-state index contributed by atoms with van der Waals surface area (Å²) in [6.45, 7) is 0. The zero-order valence-corrected chi connectivity index (χ0v) is 10.4. The summed E-state index contributed by atoms with van der Waals surface area (Å²) in [6.07, 6.45) is 2.23. The Balaban J connectivity index is 1.87. The maximum absolute atomic E-state index is 13.2. The van der Waals surface area contributed by atoms with Crippen LogP contribution in [-0.2, 0) is 9.59 Å². The number of halogens is 1. The molecule has 0 spiro atoms. The van der Waals surface area contributed by atoms with Crippen LogP contribution in [0.1, 0.15) is 18.9 Å². The van der Waals surface area contributed by atoms with E-state index in [0.29, 0.717) is 17.7 Å². The summed E-state index contributed by atoms with van der Waals surface area (Å²) in [5.74, 6) is -1.04. The normalized spacial score (nSPS) is 18.9. The molecule has 2 amide bonds. The molecule has 2 aromatic rings. The third-order valence-electron chi connectivity index (χ3n) is 3.16. The minimum atomic E-state index is -0.553. The van der Waals surface area contributed by atoms with Gasteiger partial charge in [-0.1, -0.05) is 17.3 Å². The van der Waals surface area contributed by atoms with Crippen LogP contribution in [0.4, 0.5) is 4.39 Å². The highest BCUT2D eigenvalue weighted by molar-refractivity contribution is 5.99. The van der Waals surface area contributed by atoms with Crippen molar-refractivity contribution in [1.29, 1.82) is 0 Å². The lowest BCUT2D eigenvalue weighted by atomic mass is 10.1. The first-order chi connectivity index (χ1) is 9.63. The van der Waals surface area contributed by atoms with Crippen molar-refractivity contribution in [3.05, 3.63) is 36.3 Å². The lowest BCUT2D eigenvalue weighted by Crippen LogP contribution is -2.41. The average molecular weight is 274 g/mol. The van der Waals surface area contributed by atoms with Crippen molar-refractivity contribution < 1.29 is 14.0 Å². The molecule has 1 aromatic heterocycles. The summed E-state index contributed by atoms with van der Waals surface area (Å²) in [5, 5.41) is 10.1. The molecular weight excluding hydrogens is 263 g/mol. The van der Waals surface area contributed by atoms with Crippen molar-refractivity contribution in [2.75, 3.05) is 0 Å². The SMILES string of the molecule is O=C1CCC(n2cc(-c3cccc(F)c3)nn2)C(=O)N1. The summed E-state index contributed by atoms with van der Waals surface area (Å²) in [5.41, 5.74) is 1.07. The van der Waals surface area contributed by atoms with E-state index in [0.717, 1.165) is 0 Å². The quantitative estimate of drug-likeness (QED) is 0.831. The van der Waals surface area contributed by atoms with Gasteiger partial charge in [0.2, 0.25) is 5.91 Å². The van der Waals surface area contributed by atoms with Crippen molar-refractivity contribution in [3.63, 3.8) is 0 Å². The number of aromatic nitrogens is 3. The molecule has 1 aliphatic rings. The number of hydrogen-bond donors (Lipinski definition) is 1. The maximum Gasteiger partial charge on any atom is 0.251 e. The van der Waals surface area contributed by atoms with E-state index in [4.69, 9.17) is 0 Å². The second kappa shape index (κ2) is 4.84. The molecule has 1 atom stereocenters. The molecule has 1 aromatic carbocycles. The first-order valence-corrected chi connectivity index (χ1v) is 6.15. The number of nitrogens with zero attached hydrogens (tertiary/aromatic N) is 3. The highest BCUT2D eigenvalue weighted by Crippen LogP contribution is 2.21. The van der Waals surface area contributed by atoms with Crippen molar-refractivity contribution in [3.8, 4) is 11.3 Å².